The summed E-state index contributed by atoms with van der Waals surface area (Å²) in [7, 11) is 2.12. The van der Waals surface area contributed by atoms with Gasteiger partial charge in [-0.1, -0.05) is 26.0 Å². The van der Waals surface area contributed by atoms with Crippen LogP contribution in [-0.4, -0.2) is 36.8 Å². The number of nitrogens with zero attached hydrogens (tertiary/aromatic N) is 1. The molecule has 0 saturated heterocycles. The fourth-order valence-electron chi connectivity index (χ4n) is 1.66. The molecule has 1 aromatic rings. The van der Waals surface area contributed by atoms with E-state index in [0.717, 1.165) is 26.1 Å². The molecule has 96 valence electrons. The van der Waals surface area contributed by atoms with Crippen LogP contribution < -0.4 is 5.73 Å². The molecule has 0 aromatic heterocycles. The maximum absolute atomic E-state index is 5.52. The lowest BCUT2D eigenvalue weighted by molar-refractivity contribution is 0.348. The maximum atomic E-state index is 5.52. The Morgan fingerprint density at radius 1 is 1.18 bits per heavy atom. The number of rotatable bonds is 7. The molecule has 0 atom stereocenters. The summed E-state index contributed by atoms with van der Waals surface area (Å²) >= 11 is 1.91. The predicted octanol–water partition coefficient (Wildman–Crippen LogP) is 2.62. The summed E-state index contributed by atoms with van der Waals surface area (Å²) in [6, 6.07) is 8.92. The molecule has 0 bridgehead atoms. The molecule has 0 radical (unpaired) electrons. The molecular weight excluding hydrogens is 228 g/mol. The van der Waals surface area contributed by atoms with Gasteiger partial charge in [0.25, 0.3) is 0 Å². The Morgan fingerprint density at radius 2 is 1.82 bits per heavy atom. The molecule has 2 nitrogen and oxygen atoms in total. The SMILES string of the molecule is CC(C)Sc1ccc(CCN(C)CCN)cc1. The summed E-state index contributed by atoms with van der Waals surface area (Å²) in [6.45, 7) is 7.23. The van der Waals surface area contributed by atoms with Crippen LogP contribution in [0.15, 0.2) is 29.2 Å². The molecule has 0 aliphatic rings. The van der Waals surface area contributed by atoms with Gasteiger partial charge in [0.2, 0.25) is 0 Å². The third-order valence-corrected chi connectivity index (χ3v) is 3.60. The van der Waals surface area contributed by atoms with Crippen LogP contribution >= 0.6 is 11.8 Å². The van der Waals surface area contributed by atoms with Crippen molar-refractivity contribution in [2.24, 2.45) is 5.73 Å². The Hall–Kier alpha value is -0.510. The number of hydrogen-bond donors (Lipinski definition) is 1. The Balaban J connectivity index is 2.40. The molecule has 0 aliphatic heterocycles. The average Bonchev–Trinajstić information content (AvgIpc) is 2.28. The zero-order chi connectivity index (χ0) is 12.7. The number of benzene rings is 1. The maximum Gasteiger partial charge on any atom is 0.0102 e. The van der Waals surface area contributed by atoms with Gasteiger partial charge < -0.3 is 10.6 Å². The summed E-state index contributed by atoms with van der Waals surface area (Å²) in [4.78, 5) is 3.63. The second-order valence-electron chi connectivity index (χ2n) is 4.65. The smallest absolute Gasteiger partial charge is 0.0102 e. The van der Waals surface area contributed by atoms with Gasteiger partial charge in [-0.2, -0.15) is 0 Å². The van der Waals surface area contributed by atoms with Gasteiger partial charge in [0.05, 0.1) is 0 Å². The van der Waals surface area contributed by atoms with Gasteiger partial charge in [-0.25, -0.2) is 0 Å². The van der Waals surface area contributed by atoms with E-state index in [1.165, 1.54) is 10.5 Å². The lowest BCUT2D eigenvalue weighted by atomic mass is 10.1. The number of likely N-dealkylation sites (N-methyl/N-ethyl adjacent to an activating group) is 1. The van der Waals surface area contributed by atoms with Gasteiger partial charge in [-0.3, -0.25) is 0 Å². The van der Waals surface area contributed by atoms with E-state index >= 15 is 0 Å². The van der Waals surface area contributed by atoms with Crippen molar-refractivity contribution in [2.75, 3.05) is 26.7 Å². The molecule has 0 fully saturated rings. The van der Waals surface area contributed by atoms with Gasteiger partial charge in [-0.05, 0) is 31.2 Å². The first kappa shape index (κ1) is 14.6. The van der Waals surface area contributed by atoms with Crippen molar-refractivity contribution in [3.05, 3.63) is 29.8 Å². The zero-order valence-electron chi connectivity index (χ0n) is 11.1. The van der Waals surface area contributed by atoms with Crippen molar-refractivity contribution in [3.63, 3.8) is 0 Å². The first-order valence-electron chi connectivity index (χ1n) is 6.26. The minimum absolute atomic E-state index is 0.650. The summed E-state index contributed by atoms with van der Waals surface area (Å²) < 4.78 is 0. The van der Waals surface area contributed by atoms with Crippen LogP contribution in [0.1, 0.15) is 19.4 Å². The highest BCUT2D eigenvalue weighted by atomic mass is 32.2. The van der Waals surface area contributed by atoms with Gasteiger partial charge in [0.15, 0.2) is 0 Å². The van der Waals surface area contributed by atoms with E-state index in [0.29, 0.717) is 5.25 Å². The molecule has 3 heteroatoms. The van der Waals surface area contributed by atoms with E-state index in [-0.39, 0.29) is 0 Å². The third kappa shape index (κ3) is 6.10. The minimum atomic E-state index is 0.650. The molecule has 0 saturated carbocycles. The van der Waals surface area contributed by atoms with Gasteiger partial charge in [0, 0.05) is 29.8 Å². The molecule has 0 spiro atoms. The van der Waals surface area contributed by atoms with Crippen molar-refractivity contribution in [1.29, 1.82) is 0 Å². The molecule has 0 amide bonds. The fourth-order valence-corrected chi connectivity index (χ4v) is 2.50. The van der Waals surface area contributed by atoms with E-state index in [4.69, 9.17) is 5.73 Å². The first-order valence-corrected chi connectivity index (χ1v) is 7.14. The Morgan fingerprint density at radius 3 is 2.35 bits per heavy atom. The first-order chi connectivity index (χ1) is 8.11. The summed E-state index contributed by atoms with van der Waals surface area (Å²) in [6.07, 6.45) is 1.10. The molecule has 1 rings (SSSR count). The summed E-state index contributed by atoms with van der Waals surface area (Å²) in [5, 5.41) is 0.650. The quantitative estimate of drug-likeness (QED) is 0.756. The van der Waals surface area contributed by atoms with Crippen molar-refractivity contribution in [2.45, 2.75) is 30.4 Å². The zero-order valence-corrected chi connectivity index (χ0v) is 12.0. The molecule has 17 heavy (non-hydrogen) atoms. The standard InChI is InChI=1S/C14H24N2S/c1-12(2)17-14-6-4-13(5-7-14)8-10-16(3)11-9-15/h4-7,12H,8-11,15H2,1-3H3. The van der Waals surface area contributed by atoms with Crippen LogP contribution in [-0.2, 0) is 6.42 Å². The van der Waals surface area contributed by atoms with E-state index in [2.05, 4.69) is 50.1 Å². The van der Waals surface area contributed by atoms with Crippen molar-refractivity contribution in [3.8, 4) is 0 Å². The molecule has 2 N–H and O–H groups in total. The highest BCUT2D eigenvalue weighted by molar-refractivity contribution is 7.99. The topological polar surface area (TPSA) is 29.3 Å². The summed E-state index contributed by atoms with van der Waals surface area (Å²) in [5.41, 5.74) is 6.92. The second kappa shape index (κ2) is 7.75. The molecule has 0 unspecified atom stereocenters. The van der Waals surface area contributed by atoms with Crippen LogP contribution in [0.2, 0.25) is 0 Å². The van der Waals surface area contributed by atoms with Gasteiger partial charge >= 0.3 is 0 Å². The Kier molecular flexibility index (Phi) is 6.63. The molecule has 0 heterocycles. The van der Waals surface area contributed by atoms with Crippen LogP contribution in [0.5, 0.6) is 0 Å². The van der Waals surface area contributed by atoms with Gasteiger partial charge in [0.1, 0.15) is 0 Å². The van der Waals surface area contributed by atoms with Gasteiger partial charge in [-0.15, -0.1) is 11.8 Å². The van der Waals surface area contributed by atoms with E-state index in [9.17, 15) is 0 Å². The number of hydrogen-bond acceptors (Lipinski definition) is 3. The van der Waals surface area contributed by atoms with Crippen molar-refractivity contribution < 1.29 is 0 Å². The Labute approximate surface area is 110 Å². The van der Waals surface area contributed by atoms with E-state index in [1.807, 2.05) is 11.8 Å². The normalized spacial score (nSPS) is 11.4. The van der Waals surface area contributed by atoms with Crippen LogP contribution in [0.3, 0.4) is 0 Å². The highest BCUT2D eigenvalue weighted by Gasteiger charge is 2.00. The number of thioether (sulfide) groups is 1. The minimum Gasteiger partial charge on any atom is -0.329 e. The summed E-state index contributed by atoms with van der Waals surface area (Å²) in [5.74, 6) is 0. The third-order valence-electron chi connectivity index (χ3n) is 2.59. The average molecular weight is 252 g/mol. The van der Waals surface area contributed by atoms with E-state index in [1.54, 1.807) is 0 Å². The number of nitrogens with two attached hydrogens (primary N) is 1. The lowest BCUT2D eigenvalue weighted by Gasteiger charge is -2.15. The van der Waals surface area contributed by atoms with Crippen LogP contribution in [0.25, 0.3) is 0 Å². The van der Waals surface area contributed by atoms with E-state index < -0.39 is 0 Å². The monoisotopic (exact) mass is 252 g/mol. The van der Waals surface area contributed by atoms with Crippen molar-refractivity contribution in [1.82, 2.24) is 4.90 Å². The van der Waals surface area contributed by atoms with Crippen molar-refractivity contribution >= 4 is 11.8 Å². The fraction of sp³-hybridized carbons (Fsp3) is 0.571. The largest absolute Gasteiger partial charge is 0.329 e. The van der Waals surface area contributed by atoms with Crippen LogP contribution in [0.4, 0.5) is 0 Å². The molecule has 0 aliphatic carbocycles. The Bertz CT molecular complexity index is 309. The second-order valence-corrected chi connectivity index (χ2v) is 6.30. The van der Waals surface area contributed by atoms with Crippen LogP contribution in [0, 0.1) is 0 Å². The predicted molar refractivity (Wildman–Crippen MR) is 77.7 cm³/mol. The molecule has 1 aromatic carbocycles. The lowest BCUT2D eigenvalue weighted by Crippen LogP contribution is -2.27. The highest BCUT2D eigenvalue weighted by Crippen LogP contribution is 2.22. The molecular formula is C14H24N2S.